The van der Waals surface area contributed by atoms with Crippen LogP contribution in [0.3, 0.4) is 0 Å². The number of fused-ring (bicyclic) bond motifs is 1. The lowest BCUT2D eigenvalue weighted by Crippen LogP contribution is -2.42. The second kappa shape index (κ2) is 5.90. The van der Waals surface area contributed by atoms with E-state index in [1.807, 2.05) is 0 Å². The number of nitrogens with zero attached hydrogens (tertiary/aromatic N) is 4. The Bertz CT molecular complexity index is 473. The fourth-order valence-electron chi connectivity index (χ4n) is 2.61. The van der Waals surface area contributed by atoms with Crippen molar-refractivity contribution in [3.8, 4) is 6.07 Å². The quantitative estimate of drug-likeness (QED) is 0.771. The molecule has 102 valence electrons. The number of rotatable bonds is 4. The van der Waals surface area contributed by atoms with Crippen LogP contribution in [0, 0.1) is 11.3 Å². The summed E-state index contributed by atoms with van der Waals surface area (Å²) in [5.41, 5.74) is 0. The molecular weight excluding hydrogens is 264 g/mol. The van der Waals surface area contributed by atoms with E-state index >= 15 is 0 Å². The molecule has 3 heterocycles. The van der Waals surface area contributed by atoms with Crippen molar-refractivity contribution in [1.82, 2.24) is 15.0 Å². The average molecular weight is 280 g/mol. The van der Waals surface area contributed by atoms with Gasteiger partial charge in [0.1, 0.15) is 6.10 Å². The molecule has 0 saturated carbocycles. The molecule has 0 N–H and O–H groups in total. The Hall–Kier alpha value is -1.10. The Morgan fingerprint density at radius 1 is 1.53 bits per heavy atom. The largest absolute Gasteiger partial charge is 0.367 e. The van der Waals surface area contributed by atoms with Gasteiger partial charge in [0.15, 0.2) is 0 Å². The van der Waals surface area contributed by atoms with E-state index in [9.17, 15) is 0 Å². The first-order valence-corrected chi connectivity index (χ1v) is 7.65. The highest BCUT2D eigenvalue weighted by molar-refractivity contribution is 7.98. The number of thioether (sulfide) groups is 1. The minimum atomic E-state index is -0.0761. The van der Waals surface area contributed by atoms with E-state index in [4.69, 9.17) is 14.5 Å². The molecule has 2 aliphatic heterocycles. The van der Waals surface area contributed by atoms with E-state index in [2.05, 4.69) is 21.1 Å². The van der Waals surface area contributed by atoms with E-state index in [0.29, 0.717) is 29.3 Å². The van der Waals surface area contributed by atoms with Crippen molar-refractivity contribution >= 4 is 11.8 Å². The van der Waals surface area contributed by atoms with Crippen LogP contribution in [0.25, 0.3) is 0 Å². The normalized spacial score (nSPS) is 27.1. The summed E-state index contributed by atoms with van der Waals surface area (Å²) in [6.45, 7) is 2.76. The van der Waals surface area contributed by atoms with Gasteiger partial charge < -0.3 is 9.26 Å². The van der Waals surface area contributed by atoms with Gasteiger partial charge in [-0.2, -0.15) is 10.2 Å². The second-order valence-corrected chi connectivity index (χ2v) is 5.80. The molecule has 19 heavy (non-hydrogen) atoms. The first-order valence-electron chi connectivity index (χ1n) is 6.49. The zero-order valence-corrected chi connectivity index (χ0v) is 11.4. The third-order valence-corrected chi connectivity index (χ3v) is 4.34. The average Bonchev–Trinajstić information content (AvgIpc) is 3.06. The van der Waals surface area contributed by atoms with Gasteiger partial charge in [-0.15, -0.1) is 11.8 Å². The maximum absolute atomic E-state index is 8.48. The molecule has 0 aliphatic carbocycles. The Morgan fingerprint density at radius 2 is 2.47 bits per heavy atom. The van der Waals surface area contributed by atoms with Gasteiger partial charge in [0.2, 0.25) is 11.7 Å². The number of hydrogen-bond acceptors (Lipinski definition) is 7. The van der Waals surface area contributed by atoms with Crippen LogP contribution in [-0.2, 0) is 10.5 Å². The standard InChI is InChI=1S/C12H16N4O2S/c13-3-5-19-8-11-14-12(15-18-11)10-6-16-4-1-2-9(16)7-17-10/h9-10H,1-2,4-8H2. The molecule has 0 bridgehead atoms. The Balaban J connectivity index is 1.58. The lowest BCUT2D eigenvalue weighted by atomic mass is 10.2. The first-order chi connectivity index (χ1) is 9.36. The van der Waals surface area contributed by atoms with E-state index < -0.39 is 0 Å². The summed E-state index contributed by atoms with van der Waals surface area (Å²) < 4.78 is 11.0. The van der Waals surface area contributed by atoms with Gasteiger partial charge in [0.05, 0.1) is 24.2 Å². The van der Waals surface area contributed by atoms with Crippen LogP contribution >= 0.6 is 11.8 Å². The summed E-state index contributed by atoms with van der Waals surface area (Å²) in [5.74, 6) is 2.23. The van der Waals surface area contributed by atoms with Crippen molar-refractivity contribution in [2.24, 2.45) is 0 Å². The topological polar surface area (TPSA) is 75.2 Å². The van der Waals surface area contributed by atoms with Crippen LogP contribution in [0.2, 0.25) is 0 Å². The molecule has 0 amide bonds. The van der Waals surface area contributed by atoms with Gasteiger partial charge >= 0.3 is 0 Å². The summed E-state index contributed by atoms with van der Waals surface area (Å²) in [6, 6.07) is 2.65. The molecule has 1 aromatic rings. The van der Waals surface area contributed by atoms with Crippen molar-refractivity contribution < 1.29 is 9.26 Å². The molecule has 2 saturated heterocycles. The van der Waals surface area contributed by atoms with Gasteiger partial charge in [-0.3, -0.25) is 4.90 Å². The maximum Gasteiger partial charge on any atom is 0.236 e. The molecule has 0 aromatic carbocycles. The SMILES string of the molecule is N#CCSCc1nc(C2CN3CCCC3CO2)no1. The highest BCUT2D eigenvalue weighted by Crippen LogP contribution is 2.28. The third kappa shape index (κ3) is 2.91. The zero-order valence-electron chi connectivity index (χ0n) is 10.6. The van der Waals surface area contributed by atoms with Gasteiger partial charge in [0.25, 0.3) is 0 Å². The number of ether oxygens (including phenoxy) is 1. The number of morpholine rings is 1. The number of hydrogen-bond donors (Lipinski definition) is 0. The molecule has 2 atom stereocenters. The molecule has 0 spiro atoms. The Kier molecular flexibility index (Phi) is 4.01. The third-order valence-electron chi connectivity index (χ3n) is 3.55. The minimum absolute atomic E-state index is 0.0761. The summed E-state index contributed by atoms with van der Waals surface area (Å²) in [6.07, 6.45) is 2.41. The smallest absolute Gasteiger partial charge is 0.236 e. The minimum Gasteiger partial charge on any atom is -0.367 e. The van der Waals surface area contributed by atoms with E-state index in [1.54, 1.807) is 0 Å². The molecule has 2 aliphatic rings. The van der Waals surface area contributed by atoms with Crippen LogP contribution in [0.5, 0.6) is 0 Å². The van der Waals surface area contributed by atoms with Crippen LogP contribution in [0.4, 0.5) is 0 Å². The van der Waals surface area contributed by atoms with Crippen LogP contribution in [0.15, 0.2) is 4.52 Å². The Labute approximate surface area is 116 Å². The monoisotopic (exact) mass is 280 g/mol. The fourth-order valence-corrected chi connectivity index (χ4v) is 3.10. The van der Waals surface area contributed by atoms with Gasteiger partial charge in [-0.05, 0) is 19.4 Å². The van der Waals surface area contributed by atoms with Crippen LogP contribution < -0.4 is 0 Å². The summed E-state index contributed by atoms with van der Waals surface area (Å²) in [5, 5.41) is 12.5. The Morgan fingerprint density at radius 3 is 3.37 bits per heavy atom. The molecule has 2 fully saturated rings. The molecular formula is C12H16N4O2S. The molecule has 7 heteroatoms. The van der Waals surface area contributed by atoms with Crippen molar-refractivity contribution in [3.63, 3.8) is 0 Å². The summed E-state index contributed by atoms with van der Waals surface area (Å²) >= 11 is 1.47. The van der Waals surface area contributed by atoms with E-state index in [0.717, 1.165) is 19.7 Å². The van der Waals surface area contributed by atoms with Crippen molar-refractivity contribution in [2.45, 2.75) is 30.7 Å². The van der Waals surface area contributed by atoms with E-state index in [1.165, 1.54) is 24.6 Å². The summed E-state index contributed by atoms with van der Waals surface area (Å²) in [4.78, 5) is 6.81. The second-order valence-electron chi connectivity index (χ2n) is 4.81. The lowest BCUT2D eigenvalue weighted by Gasteiger charge is -2.33. The number of nitriles is 1. The molecule has 3 rings (SSSR count). The maximum atomic E-state index is 8.48. The zero-order chi connectivity index (χ0) is 13.1. The molecule has 6 nitrogen and oxygen atoms in total. The van der Waals surface area contributed by atoms with Crippen LogP contribution in [0.1, 0.15) is 30.7 Å². The number of aromatic nitrogens is 2. The van der Waals surface area contributed by atoms with Crippen molar-refractivity contribution in [2.75, 3.05) is 25.4 Å². The fraction of sp³-hybridized carbons (Fsp3) is 0.750. The van der Waals surface area contributed by atoms with Crippen molar-refractivity contribution in [1.29, 1.82) is 5.26 Å². The highest BCUT2D eigenvalue weighted by Gasteiger charge is 2.34. The predicted molar refractivity (Wildman–Crippen MR) is 69.4 cm³/mol. The lowest BCUT2D eigenvalue weighted by molar-refractivity contribution is -0.0548. The predicted octanol–water partition coefficient (Wildman–Crippen LogP) is 1.36. The molecule has 0 radical (unpaired) electrons. The van der Waals surface area contributed by atoms with Gasteiger partial charge in [-0.25, -0.2) is 0 Å². The van der Waals surface area contributed by atoms with Gasteiger partial charge in [-0.1, -0.05) is 5.16 Å². The summed E-state index contributed by atoms with van der Waals surface area (Å²) in [7, 11) is 0. The van der Waals surface area contributed by atoms with Crippen LogP contribution in [-0.4, -0.2) is 46.5 Å². The van der Waals surface area contributed by atoms with Crippen molar-refractivity contribution in [3.05, 3.63) is 11.7 Å². The molecule has 1 aromatic heterocycles. The molecule has 2 unspecified atom stereocenters. The highest BCUT2D eigenvalue weighted by atomic mass is 32.2. The van der Waals surface area contributed by atoms with Gasteiger partial charge in [0, 0.05) is 12.6 Å². The van der Waals surface area contributed by atoms with E-state index in [-0.39, 0.29) is 6.10 Å². The first kappa shape index (κ1) is 12.9.